The molecule has 0 aliphatic carbocycles. The van der Waals surface area contributed by atoms with Crippen LogP contribution in [0, 0.1) is 0 Å². The summed E-state index contributed by atoms with van der Waals surface area (Å²) < 4.78 is 13.4. The highest BCUT2D eigenvalue weighted by molar-refractivity contribution is 5.93. The van der Waals surface area contributed by atoms with Crippen LogP contribution in [0.2, 0.25) is 0 Å². The number of rotatable bonds is 3. The molecule has 1 unspecified atom stereocenters. The molecule has 1 atom stereocenters. The van der Waals surface area contributed by atoms with Crippen LogP contribution in [0.5, 0.6) is 5.75 Å². The number of hydrogen-bond donors (Lipinski definition) is 0. The molecule has 0 bridgehead atoms. The summed E-state index contributed by atoms with van der Waals surface area (Å²) in [5, 5.41) is 5.72. The lowest BCUT2D eigenvalue weighted by molar-refractivity contribution is -0.105. The number of hydrogen-bond acceptors (Lipinski definition) is 3. The molecule has 0 saturated carbocycles. The van der Waals surface area contributed by atoms with Crippen LogP contribution in [0.15, 0.2) is 48.7 Å². The third kappa shape index (κ3) is 2.94. The summed E-state index contributed by atoms with van der Waals surface area (Å²) in [5.41, 5.74) is 3.31. The van der Waals surface area contributed by atoms with Crippen molar-refractivity contribution in [3.8, 4) is 16.9 Å². The molecule has 1 fully saturated rings. The van der Waals surface area contributed by atoms with E-state index in [0.29, 0.717) is 0 Å². The van der Waals surface area contributed by atoms with Crippen LogP contribution in [0.25, 0.3) is 22.0 Å². The Morgan fingerprint density at radius 3 is 2.78 bits per heavy atom. The van der Waals surface area contributed by atoms with Crippen molar-refractivity contribution in [1.29, 1.82) is 0 Å². The van der Waals surface area contributed by atoms with E-state index >= 15 is 0 Å². The van der Waals surface area contributed by atoms with E-state index in [1.54, 1.807) is 0 Å². The first-order valence-electron chi connectivity index (χ1n) is 8.11. The molecular formula is C19H20N2O2. The standard InChI is InChI=1S/C19H20N2O2/c1-21-13-15-5-4-6-17(19(15)20-21)14-8-10-16(11-9-14)23-18-7-2-3-12-22-18/h4-6,8-11,13,18H,2-3,7,12H2,1H3. The van der Waals surface area contributed by atoms with Crippen LogP contribution in [-0.4, -0.2) is 22.7 Å². The molecule has 0 spiro atoms. The highest BCUT2D eigenvalue weighted by atomic mass is 16.7. The van der Waals surface area contributed by atoms with Gasteiger partial charge >= 0.3 is 0 Å². The number of aryl methyl sites for hydroxylation is 1. The largest absolute Gasteiger partial charge is 0.465 e. The van der Waals surface area contributed by atoms with E-state index in [9.17, 15) is 0 Å². The lowest BCUT2D eigenvalue weighted by Gasteiger charge is -2.23. The summed E-state index contributed by atoms with van der Waals surface area (Å²) in [5.74, 6) is 0.855. The second-order valence-electron chi connectivity index (χ2n) is 5.98. The van der Waals surface area contributed by atoms with E-state index < -0.39 is 0 Å². The first-order valence-corrected chi connectivity index (χ1v) is 8.11. The zero-order valence-electron chi connectivity index (χ0n) is 13.2. The molecule has 0 radical (unpaired) electrons. The zero-order chi connectivity index (χ0) is 15.6. The van der Waals surface area contributed by atoms with Gasteiger partial charge in [0.15, 0.2) is 6.29 Å². The minimum Gasteiger partial charge on any atom is -0.465 e. The Labute approximate surface area is 135 Å². The summed E-state index contributed by atoms with van der Waals surface area (Å²) in [4.78, 5) is 0. The van der Waals surface area contributed by atoms with E-state index in [1.807, 2.05) is 30.1 Å². The summed E-state index contributed by atoms with van der Waals surface area (Å²) >= 11 is 0. The van der Waals surface area contributed by atoms with Crippen molar-refractivity contribution < 1.29 is 9.47 Å². The van der Waals surface area contributed by atoms with E-state index in [4.69, 9.17) is 9.47 Å². The average Bonchev–Trinajstić information content (AvgIpc) is 2.97. The van der Waals surface area contributed by atoms with Gasteiger partial charge in [-0.2, -0.15) is 5.10 Å². The smallest absolute Gasteiger partial charge is 0.199 e. The molecule has 1 aromatic heterocycles. The number of nitrogens with zero attached hydrogens (tertiary/aromatic N) is 2. The summed E-state index contributed by atoms with van der Waals surface area (Å²) in [6.45, 7) is 0.796. The van der Waals surface area contributed by atoms with Crippen LogP contribution in [-0.2, 0) is 11.8 Å². The Hall–Kier alpha value is -2.33. The fraction of sp³-hybridized carbons (Fsp3) is 0.316. The van der Waals surface area contributed by atoms with Crippen molar-refractivity contribution in [2.75, 3.05) is 6.61 Å². The zero-order valence-corrected chi connectivity index (χ0v) is 13.2. The van der Waals surface area contributed by atoms with Gasteiger partial charge in [-0.05, 0) is 30.5 Å². The molecule has 1 aliphatic heterocycles. The van der Waals surface area contributed by atoms with Crippen LogP contribution in [0.4, 0.5) is 0 Å². The van der Waals surface area contributed by atoms with E-state index in [2.05, 4.69) is 35.4 Å². The Morgan fingerprint density at radius 2 is 2.00 bits per heavy atom. The average molecular weight is 308 g/mol. The second-order valence-corrected chi connectivity index (χ2v) is 5.98. The van der Waals surface area contributed by atoms with Crippen molar-refractivity contribution in [2.45, 2.75) is 25.6 Å². The third-order valence-corrected chi connectivity index (χ3v) is 4.22. The van der Waals surface area contributed by atoms with E-state index in [0.717, 1.165) is 47.2 Å². The highest BCUT2D eigenvalue weighted by Crippen LogP contribution is 2.29. The van der Waals surface area contributed by atoms with Crippen molar-refractivity contribution in [3.63, 3.8) is 0 Å². The Kier molecular flexibility index (Phi) is 3.75. The van der Waals surface area contributed by atoms with Gasteiger partial charge in [0.1, 0.15) is 11.3 Å². The minimum atomic E-state index is -0.103. The maximum atomic E-state index is 5.90. The maximum Gasteiger partial charge on any atom is 0.199 e. The Morgan fingerprint density at radius 1 is 1.13 bits per heavy atom. The van der Waals surface area contributed by atoms with Gasteiger partial charge in [-0.1, -0.05) is 30.3 Å². The highest BCUT2D eigenvalue weighted by Gasteiger charge is 2.15. The van der Waals surface area contributed by atoms with Gasteiger partial charge in [-0.15, -0.1) is 0 Å². The minimum absolute atomic E-state index is 0.103. The molecule has 1 saturated heterocycles. The van der Waals surface area contributed by atoms with Crippen molar-refractivity contribution in [1.82, 2.24) is 9.78 Å². The van der Waals surface area contributed by atoms with Crippen LogP contribution in [0.1, 0.15) is 19.3 Å². The summed E-state index contributed by atoms with van der Waals surface area (Å²) in [7, 11) is 1.95. The number of benzene rings is 2. The second kappa shape index (κ2) is 6.05. The number of fused-ring (bicyclic) bond motifs is 1. The van der Waals surface area contributed by atoms with Gasteiger partial charge in [0, 0.05) is 30.6 Å². The van der Waals surface area contributed by atoms with Gasteiger partial charge in [0.25, 0.3) is 0 Å². The number of aromatic nitrogens is 2. The third-order valence-electron chi connectivity index (χ3n) is 4.22. The molecule has 118 valence electrons. The summed E-state index contributed by atoms with van der Waals surface area (Å²) in [6, 6.07) is 14.5. The topological polar surface area (TPSA) is 36.3 Å². The molecule has 4 heteroatoms. The summed E-state index contributed by atoms with van der Waals surface area (Å²) in [6.07, 6.45) is 5.21. The first kappa shape index (κ1) is 14.3. The Balaban J connectivity index is 1.59. The van der Waals surface area contributed by atoms with Gasteiger partial charge < -0.3 is 9.47 Å². The molecule has 4 rings (SSSR count). The number of ether oxygens (including phenoxy) is 2. The van der Waals surface area contributed by atoms with Crippen LogP contribution in [0.3, 0.4) is 0 Å². The fourth-order valence-electron chi connectivity index (χ4n) is 3.07. The molecule has 1 aliphatic rings. The maximum absolute atomic E-state index is 5.90. The molecule has 23 heavy (non-hydrogen) atoms. The van der Waals surface area contributed by atoms with Crippen molar-refractivity contribution >= 4 is 10.9 Å². The predicted molar refractivity (Wildman–Crippen MR) is 90.4 cm³/mol. The van der Waals surface area contributed by atoms with Crippen LogP contribution < -0.4 is 4.74 Å². The molecule has 0 N–H and O–H groups in total. The van der Waals surface area contributed by atoms with Gasteiger partial charge in [0.2, 0.25) is 0 Å². The van der Waals surface area contributed by atoms with E-state index in [1.165, 1.54) is 6.42 Å². The predicted octanol–water partition coefficient (Wildman–Crippen LogP) is 4.15. The molecule has 2 aromatic carbocycles. The van der Waals surface area contributed by atoms with Gasteiger partial charge in [-0.3, -0.25) is 4.68 Å². The van der Waals surface area contributed by atoms with Crippen molar-refractivity contribution in [3.05, 3.63) is 48.7 Å². The lowest BCUT2D eigenvalue weighted by atomic mass is 10.0. The fourth-order valence-corrected chi connectivity index (χ4v) is 3.07. The molecule has 2 heterocycles. The molecular weight excluding hydrogens is 288 g/mol. The molecule has 4 nitrogen and oxygen atoms in total. The van der Waals surface area contributed by atoms with Gasteiger partial charge in [0.05, 0.1) is 6.61 Å². The monoisotopic (exact) mass is 308 g/mol. The Bertz CT molecular complexity index is 802. The lowest BCUT2D eigenvalue weighted by Crippen LogP contribution is -2.24. The molecule has 3 aromatic rings. The van der Waals surface area contributed by atoms with Gasteiger partial charge in [-0.25, -0.2) is 0 Å². The normalized spacial score (nSPS) is 18.2. The van der Waals surface area contributed by atoms with Crippen LogP contribution >= 0.6 is 0 Å². The quantitative estimate of drug-likeness (QED) is 0.729. The molecule has 0 amide bonds. The SMILES string of the molecule is Cn1cc2cccc(-c3ccc(OC4CCCCO4)cc3)c2n1. The van der Waals surface area contributed by atoms with E-state index in [-0.39, 0.29) is 6.29 Å². The first-order chi connectivity index (χ1) is 11.3. The van der Waals surface area contributed by atoms with Crippen molar-refractivity contribution in [2.24, 2.45) is 7.05 Å².